The van der Waals surface area contributed by atoms with Crippen LogP contribution >= 0.6 is 0 Å². The van der Waals surface area contributed by atoms with Crippen LogP contribution in [0.25, 0.3) is 39.4 Å². The van der Waals surface area contributed by atoms with Crippen LogP contribution < -0.4 is 5.32 Å². The second-order valence-corrected chi connectivity index (χ2v) is 12.3. The summed E-state index contributed by atoms with van der Waals surface area (Å²) in [6.45, 7) is 4.08. The van der Waals surface area contributed by atoms with Gasteiger partial charge in [0.25, 0.3) is 5.91 Å². The number of nitrogens with zero attached hydrogens (tertiary/aromatic N) is 4. The van der Waals surface area contributed by atoms with Crippen LogP contribution in [0.15, 0.2) is 60.8 Å². The number of benzene rings is 2. The molecular weight excluding hydrogens is 569 g/mol. The fourth-order valence-electron chi connectivity index (χ4n) is 7.08. The predicted octanol–water partition coefficient (Wildman–Crippen LogP) is 7.47. The highest BCUT2D eigenvalue weighted by Gasteiger charge is 2.34. The van der Waals surface area contributed by atoms with Crippen molar-refractivity contribution in [1.82, 2.24) is 24.4 Å². The van der Waals surface area contributed by atoms with Crippen molar-refractivity contribution in [3.05, 3.63) is 89.1 Å². The Bertz CT molecular complexity index is 1950. The van der Waals surface area contributed by atoms with E-state index in [-0.39, 0.29) is 11.7 Å². The zero-order chi connectivity index (χ0) is 31.9. The molecule has 3 heterocycles. The third-order valence-electron chi connectivity index (χ3n) is 9.19. The van der Waals surface area contributed by atoms with Gasteiger partial charge in [0.2, 0.25) is 0 Å². The van der Waals surface area contributed by atoms with E-state index in [9.17, 15) is 14.0 Å². The number of nitrogens with one attached hydrogen (secondary N) is 1. The molecule has 0 radical (unpaired) electrons. The van der Waals surface area contributed by atoms with Gasteiger partial charge in [0.15, 0.2) is 0 Å². The standard InChI is InChI=1S/C36H38FN5O3/c1-5-18-36(2,35-39-27-15-10-22(11-17-31(43)44)19-30(27)42(35)4)40-34(45)24-12-14-26-29(20-24)41(3)33(28-16-13-25(37)21-38-28)32(26)23-8-6-7-9-23/h10-17,19-21,23H,5-9,18H2,1-4H3,(H,40,45)(H,43,44)/b17-11+. The van der Waals surface area contributed by atoms with Crippen molar-refractivity contribution in [2.75, 3.05) is 0 Å². The van der Waals surface area contributed by atoms with Crippen LogP contribution in [0.1, 0.15) is 85.6 Å². The Morgan fingerprint density at radius 1 is 1.07 bits per heavy atom. The fraction of sp³-hybridized carbons (Fsp3) is 0.333. The van der Waals surface area contributed by atoms with Crippen LogP contribution in [-0.2, 0) is 24.4 Å². The molecule has 9 heteroatoms. The Balaban J connectivity index is 1.38. The molecular formula is C36H38FN5O3. The SMILES string of the molecule is CCCC(C)(NC(=O)c1ccc2c(C3CCCC3)c(-c3ccc(F)cn3)n(C)c2c1)c1nc2ccc(/C=C/C(=O)O)cc2n1C. The Morgan fingerprint density at radius 3 is 2.53 bits per heavy atom. The minimum absolute atomic E-state index is 0.199. The molecule has 0 aliphatic heterocycles. The van der Waals surface area contributed by atoms with E-state index >= 15 is 0 Å². The Morgan fingerprint density at radius 2 is 1.84 bits per heavy atom. The Labute approximate surface area is 261 Å². The molecule has 1 atom stereocenters. The number of carbonyl (C=O) groups is 2. The summed E-state index contributed by atoms with van der Waals surface area (Å²) in [4.78, 5) is 34.3. The topological polar surface area (TPSA) is 102 Å². The van der Waals surface area contributed by atoms with Crippen molar-refractivity contribution in [2.24, 2.45) is 14.1 Å². The number of halogens is 1. The molecule has 3 aromatic heterocycles. The van der Waals surface area contributed by atoms with Gasteiger partial charge in [-0.05, 0) is 85.7 Å². The van der Waals surface area contributed by atoms with E-state index in [1.165, 1.54) is 30.7 Å². The van der Waals surface area contributed by atoms with Crippen LogP contribution in [0.2, 0.25) is 0 Å². The van der Waals surface area contributed by atoms with Gasteiger partial charge in [-0.25, -0.2) is 14.2 Å². The molecule has 1 fully saturated rings. The molecule has 8 nitrogen and oxygen atoms in total. The number of carboxylic acid groups (broad SMARTS) is 1. The zero-order valence-electron chi connectivity index (χ0n) is 26.1. The van der Waals surface area contributed by atoms with Gasteiger partial charge in [-0.2, -0.15) is 0 Å². The van der Waals surface area contributed by atoms with Crippen molar-refractivity contribution in [2.45, 2.75) is 63.8 Å². The highest BCUT2D eigenvalue weighted by atomic mass is 19.1. The number of aryl methyl sites for hydroxylation is 2. The maximum Gasteiger partial charge on any atom is 0.328 e. The molecule has 1 unspecified atom stereocenters. The normalized spacial score (nSPS) is 15.3. The molecule has 1 aliphatic rings. The highest BCUT2D eigenvalue weighted by Crippen LogP contribution is 2.44. The fourth-order valence-corrected chi connectivity index (χ4v) is 7.08. The molecule has 5 aromatic rings. The number of carbonyl (C=O) groups excluding carboxylic acids is 1. The van der Waals surface area contributed by atoms with Gasteiger partial charge in [0.1, 0.15) is 11.6 Å². The van der Waals surface area contributed by atoms with E-state index < -0.39 is 11.5 Å². The number of amides is 1. The second-order valence-electron chi connectivity index (χ2n) is 12.3. The molecule has 1 saturated carbocycles. The summed E-state index contributed by atoms with van der Waals surface area (Å²) in [5, 5.41) is 13.4. The summed E-state index contributed by atoms with van der Waals surface area (Å²) < 4.78 is 17.8. The molecule has 2 N–H and O–H groups in total. The van der Waals surface area contributed by atoms with E-state index in [1.54, 1.807) is 12.1 Å². The lowest BCUT2D eigenvalue weighted by Crippen LogP contribution is -2.45. The monoisotopic (exact) mass is 607 g/mol. The average molecular weight is 608 g/mol. The van der Waals surface area contributed by atoms with Crippen molar-refractivity contribution in [3.63, 3.8) is 0 Å². The van der Waals surface area contributed by atoms with E-state index in [0.29, 0.717) is 17.9 Å². The van der Waals surface area contributed by atoms with Crippen LogP contribution in [-0.4, -0.2) is 36.1 Å². The number of carboxylic acids is 1. The minimum Gasteiger partial charge on any atom is -0.478 e. The van der Waals surface area contributed by atoms with Gasteiger partial charge in [-0.3, -0.25) is 9.78 Å². The maximum absolute atomic E-state index is 14.0. The van der Waals surface area contributed by atoms with Gasteiger partial charge in [0, 0.05) is 36.6 Å². The molecule has 0 saturated heterocycles. The van der Waals surface area contributed by atoms with E-state index in [4.69, 9.17) is 10.1 Å². The summed E-state index contributed by atoms with van der Waals surface area (Å²) in [6, 6.07) is 14.7. The molecule has 6 rings (SSSR count). The van der Waals surface area contributed by atoms with Gasteiger partial charge in [-0.15, -0.1) is 0 Å². The highest BCUT2D eigenvalue weighted by molar-refractivity contribution is 6.01. The average Bonchev–Trinajstić information content (AvgIpc) is 3.74. The lowest BCUT2D eigenvalue weighted by molar-refractivity contribution is -0.131. The largest absolute Gasteiger partial charge is 0.478 e. The minimum atomic E-state index is -1.01. The maximum atomic E-state index is 14.0. The molecule has 2 aromatic carbocycles. The summed E-state index contributed by atoms with van der Waals surface area (Å²) in [5.74, 6) is -0.466. The predicted molar refractivity (Wildman–Crippen MR) is 174 cm³/mol. The third kappa shape index (κ3) is 5.63. The first kappa shape index (κ1) is 30.2. The summed E-state index contributed by atoms with van der Waals surface area (Å²) in [7, 11) is 3.91. The summed E-state index contributed by atoms with van der Waals surface area (Å²) in [6.07, 6.45) is 9.96. The molecule has 0 spiro atoms. The number of imidazole rings is 1. The van der Waals surface area contributed by atoms with Crippen molar-refractivity contribution < 1.29 is 19.1 Å². The van der Waals surface area contributed by atoms with Crippen LogP contribution in [0.5, 0.6) is 0 Å². The van der Waals surface area contributed by atoms with Crippen molar-refractivity contribution in [3.8, 4) is 11.4 Å². The lowest BCUT2D eigenvalue weighted by Gasteiger charge is -2.30. The number of hydrogen-bond donors (Lipinski definition) is 2. The number of hydrogen-bond acceptors (Lipinski definition) is 4. The zero-order valence-corrected chi connectivity index (χ0v) is 26.1. The number of rotatable bonds is 9. The van der Waals surface area contributed by atoms with Crippen LogP contribution in [0.4, 0.5) is 4.39 Å². The molecule has 1 amide bonds. The second kappa shape index (κ2) is 12.0. The van der Waals surface area contributed by atoms with Gasteiger partial charge < -0.3 is 19.6 Å². The van der Waals surface area contributed by atoms with Crippen molar-refractivity contribution in [1.29, 1.82) is 0 Å². The summed E-state index contributed by atoms with van der Waals surface area (Å²) in [5.41, 5.74) is 6.01. The first-order valence-electron chi connectivity index (χ1n) is 15.5. The number of aliphatic carboxylic acids is 1. The molecule has 0 bridgehead atoms. The lowest BCUT2D eigenvalue weighted by atomic mass is 9.92. The summed E-state index contributed by atoms with van der Waals surface area (Å²) >= 11 is 0. The third-order valence-corrected chi connectivity index (χ3v) is 9.19. The molecule has 1 aliphatic carbocycles. The van der Waals surface area contributed by atoms with Crippen molar-refractivity contribution >= 4 is 39.9 Å². The first-order chi connectivity index (χ1) is 21.6. The molecule has 45 heavy (non-hydrogen) atoms. The van der Waals surface area contributed by atoms with Gasteiger partial charge >= 0.3 is 5.97 Å². The van der Waals surface area contributed by atoms with E-state index in [0.717, 1.165) is 70.1 Å². The number of fused-ring (bicyclic) bond motifs is 2. The van der Waals surface area contributed by atoms with Crippen LogP contribution in [0, 0.1) is 5.82 Å². The number of aromatic nitrogens is 4. The Hall–Kier alpha value is -4.79. The van der Waals surface area contributed by atoms with Gasteiger partial charge in [-0.1, -0.05) is 38.3 Å². The quantitative estimate of drug-likeness (QED) is 0.169. The van der Waals surface area contributed by atoms with Crippen LogP contribution in [0.3, 0.4) is 0 Å². The Kier molecular flexibility index (Phi) is 8.03. The van der Waals surface area contributed by atoms with Gasteiger partial charge in [0.05, 0.1) is 34.2 Å². The number of pyridine rings is 1. The van der Waals surface area contributed by atoms with E-state index in [1.807, 2.05) is 62.0 Å². The van der Waals surface area contributed by atoms with E-state index in [2.05, 4.69) is 21.8 Å². The first-order valence-corrected chi connectivity index (χ1v) is 15.5. The smallest absolute Gasteiger partial charge is 0.328 e. The molecule has 232 valence electrons.